The number of rotatable bonds is 3. The highest BCUT2D eigenvalue weighted by Crippen LogP contribution is 2.12. The summed E-state index contributed by atoms with van der Waals surface area (Å²) in [5, 5.41) is 0. The van der Waals surface area contributed by atoms with Crippen molar-refractivity contribution in [2.75, 3.05) is 0 Å². The van der Waals surface area contributed by atoms with Gasteiger partial charge in [-0.3, -0.25) is 4.98 Å². The molecule has 1 heterocycles. The van der Waals surface area contributed by atoms with Gasteiger partial charge in [0.2, 0.25) is 0 Å². The highest BCUT2D eigenvalue weighted by atomic mass is 16.5. The second-order valence-electron chi connectivity index (χ2n) is 3.86. The van der Waals surface area contributed by atoms with Crippen LogP contribution in [0.4, 0.5) is 0 Å². The van der Waals surface area contributed by atoms with Crippen molar-refractivity contribution in [3.63, 3.8) is 0 Å². The van der Waals surface area contributed by atoms with Crippen LogP contribution < -0.4 is 4.74 Å². The molecule has 0 N–H and O–H groups in total. The van der Waals surface area contributed by atoms with Crippen LogP contribution >= 0.6 is 0 Å². The Labute approximate surface area is 95.9 Å². The molecule has 0 aliphatic heterocycles. The van der Waals surface area contributed by atoms with Crippen LogP contribution in [0.3, 0.4) is 0 Å². The Morgan fingerprint density at radius 2 is 1.62 bits per heavy atom. The van der Waals surface area contributed by atoms with Gasteiger partial charge >= 0.3 is 0 Å². The zero-order valence-electron chi connectivity index (χ0n) is 9.60. The summed E-state index contributed by atoms with van der Waals surface area (Å²) in [6.45, 7) is 4.59. The van der Waals surface area contributed by atoms with E-state index in [0.717, 1.165) is 22.7 Å². The Kier molecular flexibility index (Phi) is 3.20. The first-order valence-electron chi connectivity index (χ1n) is 5.36. The van der Waals surface area contributed by atoms with Crippen molar-refractivity contribution in [2.24, 2.45) is 0 Å². The van der Waals surface area contributed by atoms with Crippen molar-refractivity contribution in [2.45, 2.75) is 20.5 Å². The van der Waals surface area contributed by atoms with Gasteiger partial charge in [-0.25, -0.2) is 0 Å². The number of hydrogen-bond acceptors (Lipinski definition) is 2. The molecule has 82 valence electrons. The largest absolute Gasteiger partial charge is 0.489 e. The van der Waals surface area contributed by atoms with Crippen LogP contribution in [0, 0.1) is 13.8 Å². The molecule has 0 aliphatic rings. The fourth-order valence-corrected chi connectivity index (χ4v) is 1.69. The summed E-state index contributed by atoms with van der Waals surface area (Å²) in [5.41, 5.74) is 3.23. The van der Waals surface area contributed by atoms with E-state index >= 15 is 0 Å². The lowest BCUT2D eigenvalue weighted by Gasteiger charge is -2.07. The van der Waals surface area contributed by atoms with E-state index in [1.165, 1.54) is 0 Å². The van der Waals surface area contributed by atoms with Crippen molar-refractivity contribution < 1.29 is 4.74 Å². The average molecular weight is 213 g/mol. The number of ether oxygens (including phenoxy) is 1. The normalized spacial score (nSPS) is 10.1. The maximum absolute atomic E-state index is 5.67. The number of nitrogens with zero attached hydrogens (tertiary/aromatic N) is 1. The first-order valence-corrected chi connectivity index (χ1v) is 5.36. The number of pyridine rings is 1. The molecule has 16 heavy (non-hydrogen) atoms. The Morgan fingerprint density at radius 1 is 1.00 bits per heavy atom. The summed E-state index contributed by atoms with van der Waals surface area (Å²) in [6, 6.07) is 13.9. The lowest BCUT2D eigenvalue weighted by Crippen LogP contribution is -1.98. The van der Waals surface area contributed by atoms with E-state index in [2.05, 4.69) is 17.1 Å². The molecule has 0 amide bonds. The van der Waals surface area contributed by atoms with Crippen LogP contribution in [0.1, 0.15) is 17.0 Å². The van der Waals surface area contributed by atoms with Crippen LogP contribution in [0.5, 0.6) is 5.75 Å². The van der Waals surface area contributed by atoms with Gasteiger partial charge in [-0.15, -0.1) is 0 Å². The van der Waals surface area contributed by atoms with Crippen LogP contribution in [0.2, 0.25) is 0 Å². The van der Waals surface area contributed by atoms with Gasteiger partial charge in [0, 0.05) is 11.4 Å². The quantitative estimate of drug-likeness (QED) is 0.780. The highest BCUT2D eigenvalue weighted by Gasteiger charge is 1.98. The molecule has 0 fully saturated rings. The van der Waals surface area contributed by atoms with Gasteiger partial charge in [-0.05, 0) is 43.7 Å². The molecule has 0 spiro atoms. The fraction of sp³-hybridized carbons (Fsp3) is 0.214. The predicted molar refractivity (Wildman–Crippen MR) is 64.5 cm³/mol. The summed E-state index contributed by atoms with van der Waals surface area (Å²) in [4.78, 5) is 4.33. The van der Waals surface area contributed by atoms with E-state index in [9.17, 15) is 0 Å². The van der Waals surface area contributed by atoms with Gasteiger partial charge in [0.1, 0.15) is 12.4 Å². The van der Waals surface area contributed by atoms with Gasteiger partial charge < -0.3 is 4.74 Å². The van der Waals surface area contributed by atoms with Gasteiger partial charge in [0.15, 0.2) is 0 Å². The molecule has 2 aromatic rings. The number of benzene rings is 1. The standard InChI is InChI=1S/C14H15NO/c1-11-8-13(9-12(2)15-11)10-16-14-6-4-3-5-7-14/h3-9H,10H2,1-2H3. The van der Waals surface area contributed by atoms with Crippen molar-refractivity contribution in [3.05, 3.63) is 59.4 Å². The van der Waals surface area contributed by atoms with Crippen molar-refractivity contribution in [1.29, 1.82) is 0 Å². The van der Waals surface area contributed by atoms with Crippen LogP contribution in [-0.2, 0) is 6.61 Å². The third kappa shape index (κ3) is 2.83. The van der Waals surface area contributed by atoms with E-state index in [4.69, 9.17) is 4.74 Å². The highest BCUT2D eigenvalue weighted by molar-refractivity contribution is 5.23. The number of para-hydroxylation sites is 1. The molecule has 0 saturated carbocycles. The molecule has 0 radical (unpaired) electrons. The van der Waals surface area contributed by atoms with Gasteiger partial charge in [-0.1, -0.05) is 18.2 Å². The molecule has 2 rings (SSSR count). The fourth-order valence-electron chi connectivity index (χ4n) is 1.69. The number of aryl methyl sites for hydroxylation is 2. The molecule has 0 atom stereocenters. The zero-order chi connectivity index (χ0) is 11.4. The van der Waals surface area contributed by atoms with Gasteiger partial charge in [-0.2, -0.15) is 0 Å². The van der Waals surface area contributed by atoms with Crippen molar-refractivity contribution in [1.82, 2.24) is 4.98 Å². The molecule has 0 unspecified atom stereocenters. The summed E-state index contributed by atoms with van der Waals surface area (Å²) in [6.07, 6.45) is 0. The summed E-state index contributed by atoms with van der Waals surface area (Å²) in [5.74, 6) is 0.898. The molecule has 0 saturated heterocycles. The second-order valence-corrected chi connectivity index (χ2v) is 3.86. The Morgan fingerprint density at radius 3 is 2.25 bits per heavy atom. The Balaban J connectivity index is 2.05. The van der Waals surface area contributed by atoms with Gasteiger partial charge in [0.05, 0.1) is 0 Å². The van der Waals surface area contributed by atoms with E-state index in [0.29, 0.717) is 6.61 Å². The molecular formula is C14H15NO. The van der Waals surface area contributed by atoms with E-state index in [1.54, 1.807) is 0 Å². The first kappa shape index (κ1) is 10.7. The second kappa shape index (κ2) is 4.79. The predicted octanol–water partition coefficient (Wildman–Crippen LogP) is 3.28. The maximum atomic E-state index is 5.67. The Hall–Kier alpha value is -1.83. The van der Waals surface area contributed by atoms with E-state index in [-0.39, 0.29) is 0 Å². The molecule has 1 aromatic carbocycles. The minimum Gasteiger partial charge on any atom is -0.489 e. The maximum Gasteiger partial charge on any atom is 0.119 e. The smallest absolute Gasteiger partial charge is 0.119 e. The molecule has 2 nitrogen and oxygen atoms in total. The SMILES string of the molecule is Cc1cc(COc2ccccc2)cc(C)n1. The molecular weight excluding hydrogens is 198 g/mol. The third-order valence-corrected chi connectivity index (χ3v) is 2.29. The minimum absolute atomic E-state index is 0.591. The lowest BCUT2D eigenvalue weighted by molar-refractivity contribution is 0.306. The topological polar surface area (TPSA) is 22.1 Å². The summed E-state index contributed by atoms with van der Waals surface area (Å²) < 4.78 is 5.67. The molecule has 0 aliphatic carbocycles. The molecule has 1 aromatic heterocycles. The third-order valence-electron chi connectivity index (χ3n) is 2.29. The minimum atomic E-state index is 0.591. The van der Waals surface area contributed by atoms with Crippen LogP contribution in [0.25, 0.3) is 0 Å². The van der Waals surface area contributed by atoms with Crippen molar-refractivity contribution in [3.8, 4) is 5.75 Å². The number of aromatic nitrogens is 1. The monoisotopic (exact) mass is 213 g/mol. The summed E-state index contributed by atoms with van der Waals surface area (Å²) in [7, 11) is 0. The van der Waals surface area contributed by atoms with E-state index < -0.39 is 0 Å². The summed E-state index contributed by atoms with van der Waals surface area (Å²) >= 11 is 0. The molecule has 2 heteroatoms. The lowest BCUT2D eigenvalue weighted by atomic mass is 10.2. The van der Waals surface area contributed by atoms with Crippen LogP contribution in [-0.4, -0.2) is 4.98 Å². The van der Waals surface area contributed by atoms with Gasteiger partial charge in [0.25, 0.3) is 0 Å². The Bertz CT molecular complexity index is 445. The first-order chi connectivity index (χ1) is 7.74. The molecule has 0 bridgehead atoms. The van der Waals surface area contributed by atoms with Crippen LogP contribution in [0.15, 0.2) is 42.5 Å². The van der Waals surface area contributed by atoms with Crippen molar-refractivity contribution >= 4 is 0 Å². The van der Waals surface area contributed by atoms with E-state index in [1.807, 2.05) is 44.2 Å². The average Bonchev–Trinajstić information content (AvgIpc) is 2.27. The number of hydrogen-bond donors (Lipinski definition) is 0. The zero-order valence-corrected chi connectivity index (χ0v) is 9.60.